The van der Waals surface area contributed by atoms with Crippen molar-refractivity contribution < 1.29 is 19.1 Å². The molecule has 3 rings (SSSR count). The van der Waals surface area contributed by atoms with Crippen molar-refractivity contribution in [2.24, 2.45) is 5.92 Å². The molecule has 1 aliphatic carbocycles. The first-order valence-corrected chi connectivity index (χ1v) is 8.13. The number of hydrogen-bond donors (Lipinski definition) is 2. The molecule has 1 aromatic heterocycles. The zero-order valence-corrected chi connectivity index (χ0v) is 13.6. The summed E-state index contributed by atoms with van der Waals surface area (Å²) < 4.78 is 10.9. The lowest BCUT2D eigenvalue weighted by molar-refractivity contribution is 0.0819. The monoisotopic (exact) mass is 317 g/mol. The fourth-order valence-corrected chi connectivity index (χ4v) is 3.33. The van der Waals surface area contributed by atoms with E-state index in [0.29, 0.717) is 17.3 Å². The van der Waals surface area contributed by atoms with Crippen LogP contribution < -0.4 is 10.1 Å². The molecule has 23 heavy (non-hydrogen) atoms. The molecular formula is C18H23NO4. The van der Waals surface area contributed by atoms with Crippen LogP contribution >= 0.6 is 0 Å². The van der Waals surface area contributed by atoms with Gasteiger partial charge in [0.2, 0.25) is 0 Å². The number of aliphatic hydroxyl groups excluding tert-OH is 1. The standard InChI is InChI=1S/C18H23NO4/c1-11-14-9-13(22-2)7-8-16(14)23-17(11)18(21)19-10-15(20)12-5-3-4-6-12/h7-9,12,15,20H,3-6,10H2,1-2H3,(H,19,21). The number of furan rings is 1. The number of carbonyl (C=O) groups is 1. The summed E-state index contributed by atoms with van der Waals surface area (Å²) in [5, 5.41) is 13.8. The highest BCUT2D eigenvalue weighted by Crippen LogP contribution is 2.29. The van der Waals surface area contributed by atoms with Gasteiger partial charge in [-0.25, -0.2) is 0 Å². The maximum atomic E-state index is 12.4. The van der Waals surface area contributed by atoms with Crippen LogP contribution in [0.3, 0.4) is 0 Å². The Balaban J connectivity index is 1.71. The second-order valence-electron chi connectivity index (χ2n) is 6.24. The van der Waals surface area contributed by atoms with Crippen molar-refractivity contribution >= 4 is 16.9 Å². The molecule has 1 unspecified atom stereocenters. The Morgan fingerprint density at radius 2 is 2.17 bits per heavy atom. The van der Waals surface area contributed by atoms with Crippen molar-refractivity contribution in [2.45, 2.75) is 38.7 Å². The van der Waals surface area contributed by atoms with Crippen LogP contribution in [0.1, 0.15) is 41.8 Å². The summed E-state index contributed by atoms with van der Waals surface area (Å²) in [4.78, 5) is 12.4. The number of hydrogen-bond acceptors (Lipinski definition) is 4. The number of nitrogens with one attached hydrogen (secondary N) is 1. The van der Waals surface area contributed by atoms with E-state index in [1.807, 2.05) is 13.0 Å². The molecule has 1 aromatic carbocycles. The fraction of sp³-hybridized carbons (Fsp3) is 0.500. The number of amides is 1. The molecule has 1 saturated carbocycles. The smallest absolute Gasteiger partial charge is 0.287 e. The maximum absolute atomic E-state index is 12.4. The van der Waals surface area contributed by atoms with Crippen molar-refractivity contribution in [3.05, 3.63) is 29.5 Å². The third kappa shape index (κ3) is 3.20. The third-order valence-corrected chi connectivity index (χ3v) is 4.77. The number of methoxy groups -OCH3 is 1. The Hall–Kier alpha value is -2.01. The summed E-state index contributed by atoms with van der Waals surface area (Å²) in [6.45, 7) is 2.12. The van der Waals surface area contributed by atoms with Crippen molar-refractivity contribution in [1.29, 1.82) is 0 Å². The van der Waals surface area contributed by atoms with Gasteiger partial charge in [-0.15, -0.1) is 0 Å². The SMILES string of the molecule is COc1ccc2oc(C(=O)NCC(O)C3CCCC3)c(C)c2c1. The second kappa shape index (κ2) is 6.62. The predicted octanol–water partition coefficient (Wildman–Crippen LogP) is 3.03. The van der Waals surface area contributed by atoms with E-state index in [2.05, 4.69) is 5.32 Å². The molecule has 0 radical (unpaired) electrons. The minimum absolute atomic E-state index is 0.267. The van der Waals surface area contributed by atoms with Gasteiger partial charge in [0.25, 0.3) is 5.91 Å². The number of aryl methyl sites for hydroxylation is 1. The number of benzene rings is 1. The molecule has 0 saturated heterocycles. The molecular weight excluding hydrogens is 294 g/mol. The summed E-state index contributed by atoms with van der Waals surface area (Å²) in [5.41, 5.74) is 1.44. The van der Waals surface area contributed by atoms with Crippen molar-refractivity contribution in [3.8, 4) is 5.75 Å². The molecule has 5 heteroatoms. The first-order valence-electron chi connectivity index (χ1n) is 8.13. The van der Waals surface area contributed by atoms with Gasteiger partial charge in [0.1, 0.15) is 11.3 Å². The number of ether oxygens (including phenoxy) is 1. The van der Waals surface area contributed by atoms with Gasteiger partial charge in [0, 0.05) is 17.5 Å². The average molecular weight is 317 g/mol. The zero-order chi connectivity index (χ0) is 16.4. The minimum Gasteiger partial charge on any atom is -0.497 e. The largest absolute Gasteiger partial charge is 0.497 e. The van der Waals surface area contributed by atoms with Gasteiger partial charge in [-0.05, 0) is 43.9 Å². The molecule has 2 aromatic rings. The molecule has 1 amide bonds. The Kier molecular flexibility index (Phi) is 4.57. The summed E-state index contributed by atoms with van der Waals surface area (Å²) in [6.07, 6.45) is 3.94. The molecule has 1 fully saturated rings. The molecule has 1 atom stereocenters. The lowest BCUT2D eigenvalue weighted by Gasteiger charge is -2.17. The lowest BCUT2D eigenvalue weighted by atomic mass is 10.0. The van der Waals surface area contributed by atoms with Crippen molar-refractivity contribution in [3.63, 3.8) is 0 Å². The van der Waals surface area contributed by atoms with Crippen LogP contribution in [0.25, 0.3) is 11.0 Å². The van der Waals surface area contributed by atoms with Crippen LogP contribution in [-0.4, -0.2) is 30.8 Å². The van der Waals surface area contributed by atoms with E-state index in [0.717, 1.165) is 29.5 Å². The maximum Gasteiger partial charge on any atom is 0.287 e. The van der Waals surface area contributed by atoms with Crippen molar-refractivity contribution in [1.82, 2.24) is 5.32 Å². The lowest BCUT2D eigenvalue weighted by Crippen LogP contribution is -2.35. The van der Waals surface area contributed by atoms with Gasteiger partial charge in [-0.2, -0.15) is 0 Å². The third-order valence-electron chi connectivity index (χ3n) is 4.77. The summed E-state index contributed by atoms with van der Waals surface area (Å²) in [7, 11) is 1.61. The van der Waals surface area contributed by atoms with E-state index in [-0.39, 0.29) is 12.5 Å². The minimum atomic E-state index is -0.480. The van der Waals surface area contributed by atoms with Crippen LogP contribution in [0.2, 0.25) is 0 Å². The molecule has 2 N–H and O–H groups in total. The molecule has 1 aliphatic rings. The Morgan fingerprint density at radius 1 is 1.43 bits per heavy atom. The van der Waals surface area contributed by atoms with Crippen LogP contribution in [0.4, 0.5) is 0 Å². The zero-order valence-electron chi connectivity index (χ0n) is 13.6. The highest BCUT2D eigenvalue weighted by atomic mass is 16.5. The number of aliphatic hydroxyl groups is 1. The molecule has 5 nitrogen and oxygen atoms in total. The van der Waals surface area contributed by atoms with E-state index < -0.39 is 6.10 Å². The summed E-state index contributed by atoms with van der Waals surface area (Å²) in [5.74, 6) is 1.04. The Bertz CT molecular complexity index is 700. The highest BCUT2D eigenvalue weighted by Gasteiger charge is 2.24. The van der Waals surface area contributed by atoms with Crippen LogP contribution in [-0.2, 0) is 0 Å². The Morgan fingerprint density at radius 3 is 2.87 bits per heavy atom. The van der Waals surface area contributed by atoms with E-state index in [1.54, 1.807) is 19.2 Å². The molecule has 124 valence electrons. The summed E-state index contributed by atoms with van der Waals surface area (Å²) in [6, 6.07) is 5.46. The fourth-order valence-electron chi connectivity index (χ4n) is 3.33. The quantitative estimate of drug-likeness (QED) is 0.889. The number of fused-ring (bicyclic) bond motifs is 1. The van der Waals surface area contributed by atoms with E-state index >= 15 is 0 Å². The second-order valence-corrected chi connectivity index (χ2v) is 6.24. The first kappa shape index (κ1) is 15.9. The molecule has 1 heterocycles. The number of carbonyl (C=O) groups excluding carboxylic acids is 1. The predicted molar refractivity (Wildman–Crippen MR) is 87.8 cm³/mol. The van der Waals surface area contributed by atoms with E-state index in [4.69, 9.17) is 9.15 Å². The first-order chi connectivity index (χ1) is 11.1. The average Bonchev–Trinajstić information content (AvgIpc) is 3.20. The van der Waals surface area contributed by atoms with Gasteiger partial charge in [0.15, 0.2) is 5.76 Å². The van der Waals surface area contributed by atoms with Gasteiger partial charge in [0.05, 0.1) is 13.2 Å². The van der Waals surface area contributed by atoms with Crippen LogP contribution in [0, 0.1) is 12.8 Å². The van der Waals surface area contributed by atoms with Gasteiger partial charge in [-0.1, -0.05) is 12.8 Å². The topological polar surface area (TPSA) is 71.7 Å². The number of rotatable bonds is 5. The highest BCUT2D eigenvalue weighted by molar-refractivity contribution is 5.99. The summed E-state index contributed by atoms with van der Waals surface area (Å²) >= 11 is 0. The van der Waals surface area contributed by atoms with Crippen LogP contribution in [0.15, 0.2) is 22.6 Å². The van der Waals surface area contributed by atoms with Gasteiger partial charge in [-0.3, -0.25) is 4.79 Å². The van der Waals surface area contributed by atoms with E-state index in [1.165, 1.54) is 12.8 Å². The Labute approximate surface area is 135 Å². The van der Waals surface area contributed by atoms with Crippen LogP contribution in [0.5, 0.6) is 5.75 Å². The van der Waals surface area contributed by atoms with Gasteiger partial charge >= 0.3 is 0 Å². The molecule has 0 bridgehead atoms. The molecule has 0 aliphatic heterocycles. The molecule has 0 spiro atoms. The normalized spacial score (nSPS) is 16.7. The van der Waals surface area contributed by atoms with Gasteiger partial charge < -0.3 is 19.6 Å². The van der Waals surface area contributed by atoms with E-state index in [9.17, 15) is 9.90 Å². The van der Waals surface area contributed by atoms with Crippen molar-refractivity contribution in [2.75, 3.05) is 13.7 Å².